The average Bonchev–Trinajstić information content (AvgIpc) is 3.19. The summed E-state index contributed by atoms with van der Waals surface area (Å²) in [5.41, 5.74) is 1.88. The molecule has 2 aromatic carbocycles. The lowest BCUT2D eigenvalue weighted by molar-refractivity contribution is -0.151. The van der Waals surface area contributed by atoms with Crippen LogP contribution in [0.4, 0.5) is 0 Å². The molecule has 2 aromatic rings. The van der Waals surface area contributed by atoms with Gasteiger partial charge in [0.2, 0.25) is 5.91 Å². The molecular formula is C24H29NO3S. The van der Waals surface area contributed by atoms with E-state index in [-0.39, 0.29) is 17.1 Å². The summed E-state index contributed by atoms with van der Waals surface area (Å²) < 4.78 is 5.04. The van der Waals surface area contributed by atoms with Gasteiger partial charge in [0.1, 0.15) is 6.04 Å². The normalized spacial score (nSPS) is 18.8. The molecule has 154 valence electrons. The minimum Gasteiger partial charge on any atom is -0.467 e. The number of benzene rings is 2. The lowest BCUT2D eigenvalue weighted by Gasteiger charge is -2.28. The molecule has 0 aliphatic carbocycles. The SMILES string of the molecule is CCCCS[C@H]1C[C@@H](C(=O)OC)N(C(=O)C(c2ccccc2)c2ccccc2)C1. The van der Waals surface area contributed by atoms with Crippen molar-refractivity contribution in [2.24, 2.45) is 0 Å². The fourth-order valence-corrected chi connectivity index (χ4v) is 5.22. The number of esters is 1. The van der Waals surface area contributed by atoms with Gasteiger partial charge >= 0.3 is 5.97 Å². The molecule has 1 aliphatic rings. The van der Waals surface area contributed by atoms with Crippen molar-refractivity contribution in [1.82, 2.24) is 4.90 Å². The van der Waals surface area contributed by atoms with Crippen molar-refractivity contribution in [3.8, 4) is 0 Å². The Bertz CT molecular complexity index is 757. The molecular weight excluding hydrogens is 382 g/mol. The van der Waals surface area contributed by atoms with Crippen molar-refractivity contribution in [2.75, 3.05) is 19.4 Å². The van der Waals surface area contributed by atoms with Crippen LogP contribution in [0.3, 0.4) is 0 Å². The van der Waals surface area contributed by atoms with Crippen LogP contribution < -0.4 is 0 Å². The smallest absolute Gasteiger partial charge is 0.328 e. The van der Waals surface area contributed by atoms with E-state index >= 15 is 0 Å². The Morgan fingerprint density at radius 2 is 1.66 bits per heavy atom. The highest BCUT2D eigenvalue weighted by atomic mass is 32.2. The van der Waals surface area contributed by atoms with Gasteiger partial charge in [-0.2, -0.15) is 11.8 Å². The Kier molecular flexibility index (Phi) is 7.76. The maximum absolute atomic E-state index is 13.8. The van der Waals surface area contributed by atoms with Crippen molar-refractivity contribution < 1.29 is 14.3 Å². The first-order valence-electron chi connectivity index (χ1n) is 10.3. The Labute approximate surface area is 177 Å². The molecule has 0 N–H and O–H groups in total. The maximum Gasteiger partial charge on any atom is 0.328 e. The third-order valence-electron chi connectivity index (χ3n) is 5.38. The predicted octanol–water partition coefficient (Wildman–Crippen LogP) is 4.49. The number of methoxy groups -OCH3 is 1. The van der Waals surface area contributed by atoms with Crippen LogP contribution in [0.15, 0.2) is 60.7 Å². The second kappa shape index (κ2) is 10.5. The summed E-state index contributed by atoms with van der Waals surface area (Å²) in [6, 6.07) is 19.1. The van der Waals surface area contributed by atoms with E-state index in [1.165, 1.54) is 7.11 Å². The van der Waals surface area contributed by atoms with Gasteiger partial charge in [0.15, 0.2) is 0 Å². The number of likely N-dealkylation sites (tertiary alicyclic amines) is 1. The van der Waals surface area contributed by atoms with E-state index in [0.717, 1.165) is 29.7 Å². The van der Waals surface area contributed by atoms with Crippen molar-refractivity contribution in [2.45, 2.75) is 43.4 Å². The molecule has 0 unspecified atom stereocenters. The summed E-state index contributed by atoms with van der Waals surface area (Å²) >= 11 is 1.86. The van der Waals surface area contributed by atoms with E-state index in [0.29, 0.717) is 13.0 Å². The van der Waals surface area contributed by atoms with Crippen molar-refractivity contribution in [1.29, 1.82) is 0 Å². The molecule has 5 heteroatoms. The number of carbonyl (C=O) groups excluding carboxylic acids is 2. The van der Waals surface area contributed by atoms with Crippen LogP contribution in [0.1, 0.15) is 43.2 Å². The van der Waals surface area contributed by atoms with Gasteiger partial charge in [-0.05, 0) is 29.7 Å². The first-order chi connectivity index (χ1) is 14.2. The number of nitrogens with zero attached hydrogens (tertiary/aromatic N) is 1. The first-order valence-corrected chi connectivity index (χ1v) is 11.3. The average molecular weight is 412 g/mol. The lowest BCUT2D eigenvalue weighted by Crippen LogP contribution is -2.43. The summed E-state index contributed by atoms with van der Waals surface area (Å²) in [6.45, 7) is 2.76. The minimum absolute atomic E-state index is 0.0311. The monoisotopic (exact) mass is 411 g/mol. The standard InChI is InChI=1S/C24H29NO3S/c1-3-4-15-29-20-16-21(24(27)28-2)25(17-20)23(26)22(18-11-7-5-8-12-18)19-13-9-6-10-14-19/h5-14,20-22H,3-4,15-17H2,1-2H3/t20-,21-/m0/s1. The Morgan fingerprint density at radius 3 is 2.17 bits per heavy atom. The van der Waals surface area contributed by atoms with E-state index in [4.69, 9.17) is 4.74 Å². The van der Waals surface area contributed by atoms with Crippen molar-refractivity contribution in [3.05, 3.63) is 71.8 Å². The Hall–Kier alpha value is -2.27. The largest absolute Gasteiger partial charge is 0.467 e. The molecule has 0 saturated carbocycles. The molecule has 1 heterocycles. The number of unbranched alkanes of at least 4 members (excludes halogenated alkanes) is 1. The van der Waals surface area contributed by atoms with Crippen LogP contribution in [-0.4, -0.2) is 47.5 Å². The van der Waals surface area contributed by atoms with Gasteiger partial charge in [0.05, 0.1) is 13.0 Å². The van der Waals surface area contributed by atoms with Gasteiger partial charge in [-0.15, -0.1) is 0 Å². The number of hydrogen-bond acceptors (Lipinski definition) is 4. The summed E-state index contributed by atoms with van der Waals surface area (Å²) in [6.07, 6.45) is 2.95. The number of thioether (sulfide) groups is 1. The lowest BCUT2D eigenvalue weighted by atomic mass is 9.90. The van der Waals surface area contributed by atoms with E-state index in [1.54, 1.807) is 4.90 Å². The molecule has 3 rings (SSSR count). The Morgan fingerprint density at radius 1 is 1.07 bits per heavy atom. The van der Waals surface area contributed by atoms with Crippen molar-refractivity contribution in [3.63, 3.8) is 0 Å². The third-order valence-corrected chi connectivity index (χ3v) is 6.72. The number of rotatable bonds is 8. The fraction of sp³-hybridized carbons (Fsp3) is 0.417. The zero-order valence-corrected chi connectivity index (χ0v) is 17.9. The fourth-order valence-electron chi connectivity index (χ4n) is 3.85. The van der Waals surface area contributed by atoms with Crippen LogP contribution >= 0.6 is 11.8 Å². The van der Waals surface area contributed by atoms with E-state index in [1.807, 2.05) is 72.4 Å². The molecule has 0 radical (unpaired) electrons. The highest BCUT2D eigenvalue weighted by molar-refractivity contribution is 7.99. The van der Waals surface area contributed by atoms with E-state index < -0.39 is 12.0 Å². The minimum atomic E-state index is -0.512. The predicted molar refractivity (Wildman–Crippen MR) is 118 cm³/mol. The molecule has 0 spiro atoms. The van der Waals surface area contributed by atoms with Gasteiger partial charge < -0.3 is 9.64 Å². The van der Waals surface area contributed by atoms with Gasteiger partial charge in [0.25, 0.3) is 0 Å². The molecule has 0 aromatic heterocycles. The van der Waals surface area contributed by atoms with Crippen LogP contribution in [0, 0.1) is 0 Å². The number of ether oxygens (including phenoxy) is 1. The van der Waals surface area contributed by atoms with Crippen LogP contribution in [-0.2, 0) is 14.3 Å². The topological polar surface area (TPSA) is 46.6 Å². The first kappa shape index (κ1) is 21.4. The molecule has 2 atom stereocenters. The molecule has 1 saturated heterocycles. The number of amides is 1. The second-order valence-corrected chi connectivity index (χ2v) is 8.77. The Balaban J connectivity index is 1.89. The van der Waals surface area contributed by atoms with Gasteiger partial charge in [-0.1, -0.05) is 74.0 Å². The van der Waals surface area contributed by atoms with Crippen LogP contribution in [0.25, 0.3) is 0 Å². The van der Waals surface area contributed by atoms with Gasteiger partial charge in [0, 0.05) is 11.8 Å². The maximum atomic E-state index is 13.8. The number of hydrogen-bond donors (Lipinski definition) is 0. The van der Waals surface area contributed by atoms with E-state index in [9.17, 15) is 9.59 Å². The van der Waals surface area contributed by atoms with Gasteiger partial charge in [-0.3, -0.25) is 4.79 Å². The summed E-state index contributed by atoms with van der Waals surface area (Å²) in [5, 5.41) is 0.266. The summed E-state index contributed by atoms with van der Waals surface area (Å²) in [5.74, 6) is 0.273. The molecule has 4 nitrogen and oxygen atoms in total. The molecule has 0 bridgehead atoms. The van der Waals surface area contributed by atoms with Gasteiger partial charge in [-0.25, -0.2) is 4.79 Å². The third kappa shape index (κ3) is 5.21. The van der Waals surface area contributed by atoms with Crippen molar-refractivity contribution >= 4 is 23.6 Å². The summed E-state index contributed by atoms with van der Waals surface area (Å²) in [4.78, 5) is 28.0. The second-order valence-electron chi connectivity index (χ2n) is 7.37. The van der Waals surface area contributed by atoms with Crippen LogP contribution in [0.5, 0.6) is 0 Å². The molecule has 1 fully saturated rings. The zero-order chi connectivity index (χ0) is 20.6. The summed E-state index contributed by atoms with van der Waals surface area (Å²) in [7, 11) is 1.40. The molecule has 1 aliphatic heterocycles. The highest BCUT2D eigenvalue weighted by Gasteiger charge is 2.43. The molecule has 29 heavy (non-hydrogen) atoms. The quantitative estimate of drug-likeness (QED) is 0.474. The zero-order valence-electron chi connectivity index (χ0n) is 17.1. The number of carbonyl (C=O) groups is 2. The highest BCUT2D eigenvalue weighted by Crippen LogP contribution is 2.34. The van der Waals surface area contributed by atoms with Crippen LogP contribution in [0.2, 0.25) is 0 Å². The molecule has 1 amide bonds. The van der Waals surface area contributed by atoms with E-state index in [2.05, 4.69) is 6.92 Å².